The first-order chi connectivity index (χ1) is 36.3. The van der Waals surface area contributed by atoms with Crippen LogP contribution in [0, 0.1) is 49.4 Å². The summed E-state index contributed by atoms with van der Waals surface area (Å²) in [6.07, 6.45) is 19.6. The SMILES string of the molecule is Cc1ccc2c(-c3c(Cc4ccc(CC5CCC(Cc6ccc(C[C-]7COC7)cc6)CC5)cc4)ccc4cc(C)ccc34)cc(Cc3ccc(CC4CCC(Cc5ccc(C[C-]6COC6)cc5)CC4)cc3)cc2c1.[W].[W]. The van der Waals surface area contributed by atoms with E-state index in [2.05, 4.69) is 172 Å². The molecule has 0 radical (unpaired) electrons. The van der Waals surface area contributed by atoms with E-state index in [1.807, 2.05) is 0 Å². The molecular formula is C72H76O2W2-2. The number of fused-ring (bicyclic) bond motifs is 2. The van der Waals surface area contributed by atoms with Crippen LogP contribution in [0.2, 0.25) is 0 Å². The molecule has 2 aliphatic heterocycles. The van der Waals surface area contributed by atoms with Crippen LogP contribution in [0.4, 0.5) is 0 Å². The Kier molecular flexibility index (Phi) is 18.5. The number of rotatable bonds is 17. The van der Waals surface area contributed by atoms with Crippen LogP contribution in [0.15, 0.2) is 158 Å². The molecule has 0 bridgehead atoms. The molecule has 12 rings (SSSR count). The number of ether oxygens (including phenoxy) is 2. The van der Waals surface area contributed by atoms with Gasteiger partial charge < -0.3 is 9.47 Å². The van der Waals surface area contributed by atoms with Gasteiger partial charge in [-0.15, -0.1) is 12.8 Å². The molecule has 390 valence electrons. The molecule has 0 unspecified atom stereocenters. The third-order valence-electron chi connectivity index (χ3n) is 17.8. The molecule has 2 saturated carbocycles. The Morgan fingerprint density at radius 3 is 1.16 bits per heavy atom. The van der Waals surface area contributed by atoms with Crippen molar-refractivity contribution in [2.24, 2.45) is 23.7 Å². The minimum Gasteiger partial charge on any atom is -0.444 e. The Hall–Kier alpha value is -4.42. The molecule has 2 nitrogen and oxygen atoms in total. The molecule has 8 aromatic rings. The molecule has 0 aromatic heterocycles. The first-order valence-corrected chi connectivity index (χ1v) is 28.5. The van der Waals surface area contributed by atoms with Gasteiger partial charge in [-0.1, -0.05) is 206 Å². The van der Waals surface area contributed by atoms with Gasteiger partial charge in [0, 0.05) is 42.1 Å². The van der Waals surface area contributed by atoms with Crippen molar-refractivity contribution in [3.05, 3.63) is 236 Å². The maximum absolute atomic E-state index is 5.36. The molecule has 2 heterocycles. The van der Waals surface area contributed by atoms with E-state index in [4.69, 9.17) is 9.47 Å². The standard InChI is InChI=1S/C72H76O2.2W/c1-49-4-32-70-66(33-49)29-30-67(42-62-27-25-58(26-28-62)38-54-11-9-53(10-12-54)37-57-17-23-61(24-18-57)41-65-47-74-48-65)72(70)71-44-63(43-68-34-50(2)3-31-69(68)71)39-59-19-13-55(14-20-59)35-51-5-7-52(8-6-51)36-56-15-21-60(22-16-56)40-64-45-73-46-64;;/h3-4,13-34,43-44,51-54H,5-12,35-42,45-48H2,1-2H3;;/q-2;;. The normalized spacial score (nSPS) is 19.9. The fraction of sp³-hybridized carbons (Fsp3) is 0.361. The number of aryl methyl sites for hydroxylation is 2. The van der Waals surface area contributed by atoms with Crippen molar-refractivity contribution in [1.82, 2.24) is 0 Å². The Labute approximate surface area is 483 Å². The van der Waals surface area contributed by atoms with Crippen molar-refractivity contribution < 1.29 is 51.6 Å². The molecule has 0 amide bonds. The van der Waals surface area contributed by atoms with Crippen LogP contribution in [0.5, 0.6) is 0 Å². The second-order valence-corrected chi connectivity index (χ2v) is 23.7. The van der Waals surface area contributed by atoms with Crippen LogP contribution < -0.4 is 0 Å². The molecule has 76 heavy (non-hydrogen) atoms. The summed E-state index contributed by atoms with van der Waals surface area (Å²) in [5, 5.41) is 5.33. The van der Waals surface area contributed by atoms with E-state index in [0.29, 0.717) is 0 Å². The third-order valence-corrected chi connectivity index (χ3v) is 17.8. The summed E-state index contributed by atoms with van der Waals surface area (Å²) in [7, 11) is 0. The minimum absolute atomic E-state index is 0. The summed E-state index contributed by atoms with van der Waals surface area (Å²) in [5.74, 6) is 6.24. The number of hydrogen-bond acceptors (Lipinski definition) is 2. The summed E-state index contributed by atoms with van der Waals surface area (Å²) in [5.41, 5.74) is 19.7. The quantitative estimate of drug-likeness (QED) is 0.0846. The summed E-state index contributed by atoms with van der Waals surface area (Å²) in [6.45, 7) is 7.85. The van der Waals surface area contributed by atoms with Crippen molar-refractivity contribution in [2.45, 2.75) is 117 Å². The molecule has 2 saturated heterocycles. The van der Waals surface area contributed by atoms with E-state index in [1.54, 1.807) is 0 Å². The molecule has 0 N–H and O–H groups in total. The average molecular weight is 1340 g/mol. The van der Waals surface area contributed by atoms with Crippen LogP contribution in [-0.4, -0.2) is 26.4 Å². The largest absolute Gasteiger partial charge is 0.444 e. The number of benzene rings is 8. The first kappa shape index (κ1) is 54.9. The third kappa shape index (κ3) is 13.7. The maximum Gasteiger partial charge on any atom is 0 e. The summed E-state index contributed by atoms with van der Waals surface area (Å²) < 4.78 is 10.7. The van der Waals surface area contributed by atoms with Crippen LogP contribution in [0.3, 0.4) is 0 Å². The Morgan fingerprint density at radius 1 is 0.355 bits per heavy atom. The average Bonchev–Trinajstić information content (AvgIpc) is 3.40. The van der Waals surface area contributed by atoms with E-state index < -0.39 is 0 Å². The Morgan fingerprint density at radius 2 is 0.737 bits per heavy atom. The number of hydrogen-bond donors (Lipinski definition) is 0. The monoisotopic (exact) mass is 1340 g/mol. The van der Waals surface area contributed by atoms with Crippen molar-refractivity contribution in [1.29, 1.82) is 0 Å². The molecule has 4 aliphatic rings. The van der Waals surface area contributed by atoms with Gasteiger partial charge in [0.15, 0.2) is 0 Å². The van der Waals surface area contributed by atoms with Crippen LogP contribution >= 0.6 is 0 Å². The van der Waals surface area contributed by atoms with Gasteiger partial charge in [0.25, 0.3) is 0 Å². The second kappa shape index (κ2) is 25.6. The van der Waals surface area contributed by atoms with Gasteiger partial charge in [-0.25, -0.2) is 0 Å². The molecule has 2 aliphatic carbocycles. The van der Waals surface area contributed by atoms with E-state index in [1.165, 1.54) is 188 Å². The van der Waals surface area contributed by atoms with Crippen LogP contribution in [0.25, 0.3) is 32.7 Å². The van der Waals surface area contributed by atoms with Gasteiger partial charge in [0.2, 0.25) is 0 Å². The molecule has 4 heteroatoms. The second-order valence-electron chi connectivity index (χ2n) is 23.7. The van der Waals surface area contributed by atoms with E-state index in [0.717, 1.165) is 75.8 Å². The van der Waals surface area contributed by atoms with Gasteiger partial charge in [-0.05, 0) is 205 Å². The van der Waals surface area contributed by atoms with Gasteiger partial charge in [-0.2, -0.15) is 0 Å². The Bertz CT molecular complexity index is 3150. The van der Waals surface area contributed by atoms with E-state index in [-0.39, 0.29) is 42.1 Å². The summed E-state index contributed by atoms with van der Waals surface area (Å²) >= 11 is 0. The topological polar surface area (TPSA) is 18.5 Å². The fourth-order valence-corrected chi connectivity index (χ4v) is 13.3. The zero-order chi connectivity index (χ0) is 49.8. The van der Waals surface area contributed by atoms with Gasteiger partial charge in [0.1, 0.15) is 0 Å². The summed E-state index contributed by atoms with van der Waals surface area (Å²) in [4.78, 5) is 0. The zero-order valence-electron chi connectivity index (χ0n) is 45.1. The van der Waals surface area contributed by atoms with Crippen molar-refractivity contribution in [3.8, 4) is 11.1 Å². The van der Waals surface area contributed by atoms with Gasteiger partial charge >= 0.3 is 0 Å². The summed E-state index contributed by atoms with van der Waals surface area (Å²) in [6, 6.07) is 62.2. The molecule has 0 atom stereocenters. The van der Waals surface area contributed by atoms with E-state index in [9.17, 15) is 0 Å². The zero-order valence-corrected chi connectivity index (χ0v) is 51.0. The Balaban J connectivity index is 0.00000328. The maximum atomic E-state index is 5.36. The molecular weight excluding hydrogens is 1260 g/mol. The van der Waals surface area contributed by atoms with Crippen molar-refractivity contribution in [3.63, 3.8) is 0 Å². The minimum atomic E-state index is 0. The predicted octanol–water partition coefficient (Wildman–Crippen LogP) is 16.9. The molecule has 4 fully saturated rings. The molecule has 8 aromatic carbocycles. The van der Waals surface area contributed by atoms with Crippen molar-refractivity contribution in [2.75, 3.05) is 26.4 Å². The van der Waals surface area contributed by atoms with Crippen LogP contribution in [-0.2, 0) is 103 Å². The van der Waals surface area contributed by atoms with Crippen LogP contribution in [0.1, 0.15) is 118 Å². The first-order valence-electron chi connectivity index (χ1n) is 28.5. The molecule has 0 spiro atoms. The van der Waals surface area contributed by atoms with Crippen molar-refractivity contribution >= 4 is 21.5 Å². The van der Waals surface area contributed by atoms with Gasteiger partial charge in [-0.3, -0.25) is 11.8 Å². The van der Waals surface area contributed by atoms with Gasteiger partial charge in [0.05, 0.1) is 0 Å². The smallest absolute Gasteiger partial charge is 0 e. The fourth-order valence-electron chi connectivity index (χ4n) is 13.3. The predicted molar refractivity (Wildman–Crippen MR) is 309 cm³/mol. The van der Waals surface area contributed by atoms with E-state index >= 15 is 0 Å².